The molecule has 0 radical (unpaired) electrons. The summed E-state index contributed by atoms with van der Waals surface area (Å²) < 4.78 is 20.9. The highest BCUT2D eigenvalue weighted by Crippen LogP contribution is 2.29. The summed E-state index contributed by atoms with van der Waals surface area (Å²) in [7, 11) is 0. The Bertz CT molecular complexity index is 1090. The summed E-state index contributed by atoms with van der Waals surface area (Å²) in [6.45, 7) is 3.65. The van der Waals surface area contributed by atoms with Crippen LogP contribution in [0.15, 0.2) is 54.7 Å². The van der Waals surface area contributed by atoms with Crippen molar-refractivity contribution in [2.45, 2.75) is 31.8 Å². The number of ether oxygens (including phenoxy) is 1. The van der Waals surface area contributed by atoms with E-state index >= 15 is 0 Å². The Labute approximate surface area is 180 Å². The average molecular weight is 420 g/mol. The van der Waals surface area contributed by atoms with Gasteiger partial charge in [0.1, 0.15) is 17.4 Å². The number of piperidine rings is 1. The van der Waals surface area contributed by atoms with E-state index in [4.69, 9.17) is 4.74 Å². The molecule has 2 aliphatic rings. The van der Waals surface area contributed by atoms with Crippen molar-refractivity contribution >= 4 is 11.7 Å². The summed E-state index contributed by atoms with van der Waals surface area (Å²) in [6.07, 6.45) is 4.60. The monoisotopic (exact) mass is 420 g/mol. The van der Waals surface area contributed by atoms with Gasteiger partial charge in [0.05, 0.1) is 18.8 Å². The first kappa shape index (κ1) is 19.8. The van der Waals surface area contributed by atoms with Crippen LogP contribution in [0.3, 0.4) is 0 Å². The molecule has 2 aromatic carbocycles. The molecule has 1 fully saturated rings. The lowest BCUT2D eigenvalue weighted by Gasteiger charge is -2.32. The second kappa shape index (κ2) is 8.51. The molecule has 1 amide bonds. The van der Waals surface area contributed by atoms with Crippen LogP contribution in [0.5, 0.6) is 5.75 Å². The molecule has 2 aliphatic heterocycles. The smallest absolute Gasteiger partial charge is 0.256 e. The number of fused-ring (bicyclic) bond motifs is 1. The molecule has 0 aliphatic carbocycles. The van der Waals surface area contributed by atoms with Crippen LogP contribution >= 0.6 is 0 Å². The molecular weight excluding hydrogens is 395 g/mol. The van der Waals surface area contributed by atoms with Crippen LogP contribution in [0.25, 0.3) is 0 Å². The van der Waals surface area contributed by atoms with Gasteiger partial charge < -0.3 is 10.1 Å². The SMILES string of the molecule is O=C(Nc1ccnn1C1CCN(Cc2ccc3c(c2)CCO3)CC1)c1cccc(F)c1. The molecule has 5 rings (SSSR count). The van der Waals surface area contributed by atoms with Crippen molar-refractivity contribution in [3.05, 3.63) is 77.2 Å². The van der Waals surface area contributed by atoms with Crippen LogP contribution in [-0.4, -0.2) is 40.3 Å². The summed E-state index contributed by atoms with van der Waals surface area (Å²) in [6, 6.07) is 14.2. The van der Waals surface area contributed by atoms with Crippen molar-refractivity contribution in [2.24, 2.45) is 0 Å². The van der Waals surface area contributed by atoms with Crippen molar-refractivity contribution < 1.29 is 13.9 Å². The van der Waals surface area contributed by atoms with E-state index in [9.17, 15) is 9.18 Å². The van der Waals surface area contributed by atoms with Gasteiger partial charge in [0.15, 0.2) is 0 Å². The minimum atomic E-state index is -0.426. The lowest BCUT2D eigenvalue weighted by atomic mass is 10.0. The third kappa shape index (κ3) is 4.32. The summed E-state index contributed by atoms with van der Waals surface area (Å²) in [5.74, 6) is 0.906. The molecule has 0 spiro atoms. The highest BCUT2D eigenvalue weighted by atomic mass is 19.1. The predicted molar refractivity (Wildman–Crippen MR) is 116 cm³/mol. The summed E-state index contributed by atoms with van der Waals surface area (Å²) in [5, 5.41) is 7.32. The molecule has 1 aromatic heterocycles. The Morgan fingerprint density at radius 1 is 1.16 bits per heavy atom. The predicted octanol–water partition coefficient (Wildman–Crippen LogP) is 4.05. The summed E-state index contributed by atoms with van der Waals surface area (Å²) in [4.78, 5) is 15.0. The molecule has 0 bridgehead atoms. The molecule has 1 N–H and O–H groups in total. The molecule has 0 saturated carbocycles. The molecule has 7 heteroatoms. The van der Waals surface area contributed by atoms with Crippen molar-refractivity contribution in [3.63, 3.8) is 0 Å². The zero-order valence-corrected chi connectivity index (χ0v) is 17.3. The maximum Gasteiger partial charge on any atom is 0.256 e. The summed E-state index contributed by atoms with van der Waals surface area (Å²) in [5.41, 5.74) is 2.93. The van der Waals surface area contributed by atoms with E-state index in [2.05, 4.69) is 33.5 Å². The van der Waals surface area contributed by atoms with Crippen LogP contribution < -0.4 is 10.1 Å². The van der Waals surface area contributed by atoms with Gasteiger partial charge in [-0.1, -0.05) is 18.2 Å². The Morgan fingerprint density at radius 2 is 2.03 bits per heavy atom. The molecule has 31 heavy (non-hydrogen) atoms. The maximum absolute atomic E-state index is 13.4. The number of anilines is 1. The second-order valence-electron chi connectivity index (χ2n) is 8.17. The Morgan fingerprint density at radius 3 is 2.87 bits per heavy atom. The zero-order valence-electron chi connectivity index (χ0n) is 17.3. The molecule has 1 saturated heterocycles. The highest BCUT2D eigenvalue weighted by molar-refractivity contribution is 6.03. The lowest BCUT2D eigenvalue weighted by Crippen LogP contribution is -2.35. The van der Waals surface area contributed by atoms with Crippen LogP contribution in [0.1, 0.15) is 40.4 Å². The third-order valence-corrected chi connectivity index (χ3v) is 6.06. The van der Waals surface area contributed by atoms with Crippen LogP contribution in [0.4, 0.5) is 10.2 Å². The standard InChI is InChI=1S/C24H25FN4O2/c25-20-3-1-2-19(15-20)24(30)27-23-6-10-26-29(23)21-7-11-28(12-8-21)16-17-4-5-22-18(14-17)9-13-31-22/h1-6,10,14-15,21H,7-9,11-13,16H2,(H,27,30). The highest BCUT2D eigenvalue weighted by Gasteiger charge is 2.24. The minimum Gasteiger partial charge on any atom is -0.493 e. The van der Waals surface area contributed by atoms with Crippen molar-refractivity contribution in [1.82, 2.24) is 14.7 Å². The number of hydrogen-bond donors (Lipinski definition) is 1. The van der Waals surface area contributed by atoms with Crippen LogP contribution in [0, 0.1) is 5.82 Å². The molecule has 0 atom stereocenters. The number of carbonyl (C=O) groups is 1. The Hall–Kier alpha value is -3.19. The number of carbonyl (C=O) groups excluding carboxylic acids is 1. The van der Waals surface area contributed by atoms with E-state index in [0.717, 1.165) is 51.3 Å². The van der Waals surface area contributed by atoms with Gasteiger partial charge in [0.2, 0.25) is 0 Å². The van der Waals surface area contributed by atoms with Gasteiger partial charge in [-0.3, -0.25) is 9.69 Å². The zero-order chi connectivity index (χ0) is 21.2. The van der Waals surface area contributed by atoms with Gasteiger partial charge in [-0.05, 0) is 48.2 Å². The van der Waals surface area contributed by atoms with E-state index in [0.29, 0.717) is 11.4 Å². The molecule has 0 unspecified atom stereocenters. The third-order valence-electron chi connectivity index (χ3n) is 6.06. The van der Waals surface area contributed by atoms with Gasteiger partial charge in [-0.25, -0.2) is 9.07 Å². The number of halogens is 1. The lowest BCUT2D eigenvalue weighted by molar-refractivity contribution is 0.102. The number of rotatable bonds is 5. The fourth-order valence-corrected chi connectivity index (χ4v) is 4.44. The fraction of sp³-hybridized carbons (Fsp3) is 0.333. The molecule has 3 aromatic rings. The van der Waals surface area contributed by atoms with Gasteiger partial charge in [-0.15, -0.1) is 0 Å². The maximum atomic E-state index is 13.4. The van der Waals surface area contributed by atoms with Gasteiger partial charge in [0, 0.05) is 37.7 Å². The number of nitrogens with one attached hydrogen (secondary N) is 1. The number of likely N-dealkylation sites (tertiary alicyclic amines) is 1. The Balaban J connectivity index is 1.19. The van der Waals surface area contributed by atoms with Crippen LogP contribution in [0.2, 0.25) is 0 Å². The number of hydrogen-bond acceptors (Lipinski definition) is 4. The average Bonchev–Trinajstić information content (AvgIpc) is 3.43. The van der Waals surface area contributed by atoms with E-state index in [-0.39, 0.29) is 11.9 Å². The quantitative estimate of drug-likeness (QED) is 0.677. The first-order chi connectivity index (χ1) is 15.2. The molecule has 160 valence electrons. The van der Waals surface area contributed by atoms with E-state index in [1.165, 1.54) is 29.3 Å². The van der Waals surface area contributed by atoms with E-state index in [1.807, 2.05) is 4.68 Å². The first-order valence-corrected chi connectivity index (χ1v) is 10.7. The van der Waals surface area contributed by atoms with E-state index in [1.54, 1.807) is 18.3 Å². The van der Waals surface area contributed by atoms with E-state index < -0.39 is 5.82 Å². The molecule has 3 heterocycles. The van der Waals surface area contributed by atoms with Crippen molar-refractivity contribution in [1.29, 1.82) is 0 Å². The first-order valence-electron chi connectivity index (χ1n) is 10.7. The normalized spacial score (nSPS) is 16.7. The molecule has 6 nitrogen and oxygen atoms in total. The minimum absolute atomic E-state index is 0.225. The summed E-state index contributed by atoms with van der Waals surface area (Å²) >= 11 is 0. The van der Waals surface area contributed by atoms with Gasteiger partial charge in [0.25, 0.3) is 5.91 Å². The number of benzene rings is 2. The largest absolute Gasteiger partial charge is 0.493 e. The number of amides is 1. The number of aromatic nitrogens is 2. The van der Waals surface area contributed by atoms with Gasteiger partial charge in [-0.2, -0.15) is 5.10 Å². The second-order valence-corrected chi connectivity index (χ2v) is 8.17. The number of nitrogens with zero attached hydrogens (tertiary/aromatic N) is 3. The molecular formula is C24H25FN4O2. The topological polar surface area (TPSA) is 59.4 Å². The Kier molecular flexibility index (Phi) is 5.42. The van der Waals surface area contributed by atoms with Crippen LogP contribution in [-0.2, 0) is 13.0 Å². The van der Waals surface area contributed by atoms with Gasteiger partial charge >= 0.3 is 0 Å². The van der Waals surface area contributed by atoms with Crippen molar-refractivity contribution in [2.75, 3.05) is 25.0 Å². The van der Waals surface area contributed by atoms with Crippen molar-refractivity contribution in [3.8, 4) is 5.75 Å². The fourth-order valence-electron chi connectivity index (χ4n) is 4.44.